The summed E-state index contributed by atoms with van der Waals surface area (Å²) in [6, 6.07) is 2.06. The van der Waals surface area contributed by atoms with Gasteiger partial charge in [0.15, 0.2) is 11.6 Å². The van der Waals surface area contributed by atoms with Gasteiger partial charge in [-0.05, 0) is 6.26 Å². The van der Waals surface area contributed by atoms with Crippen LogP contribution in [0.3, 0.4) is 0 Å². The number of hydrogen-bond donors (Lipinski definition) is 2. The summed E-state index contributed by atoms with van der Waals surface area (Å²) in [6.45, 7) is 0.677. The molecule has 0 bridgehead atoms. The molecule has 78 valence electrons. The molecule has 0 aliphatic carbocycles. The van der Waals surface area contributed by atoms with Crippen LogP contribution in [0, 0.1) is 11.6 Å². The molecular weight excluding hydrogens is 206 g/mol. The third kappa shape index (κ3) is 2.77. The van der Waals surface area contributed by atoms with Crippen molar-refractivity contribution in [3.63, 3.8) is 0 Å². The summed E-state index contributed by atoms with van der Waals surface area (Å²) in [5.74, 6) is -0.915. The second-order valence-electron chi connectivity index (χ2n) is 2.77. The zero-order valence-electron chi connectivity index (χ0n) is 7.81. The van der Waals surface area contributed by atoms with Crippen LogP contribution in [0.4, 0.5) is 20.2 Å². The van der Waals surface area contributed by atoms with E-state index in [2.05, 4.69) is 5.32 Å². The van der Waals surface area contributed by atoms with Gasteiger partial charge in [-0.25, -0.2) is 8.78 Å². The third-order valence-electron chi connectivity index (χ3n) is 1.71. The van der Waals surface area contributed by atoms with Gasteiger partial charge in [0, 0.05) is 24.4 Å². The summed E-state index contributed by atoms with van der Waals surface area (Å²) in [5, 5.41) is 2.93. The molecule has 1 rings (SSSR count). The molecule has 0 radical (unpaired) electrons. The first-order chi connectivity index (χ1) is 6.65. The lowest BCUT2D eigenvalue weighted by Gasteiger charge is -2.08. The molecule has 0 atom stereocenters. The normalized spacial score (nSPS) is 10.2. The van der Waals surface area contributed by atoms with Crippen LogP contribution in [-0.2, 0) is 0 Å². The minimum atomic E-state index is -0.919. The third-order valence-corrected chi connectivity index (χ3v) is 2.33. The number of benzene rings is 1. The van der Waals surface area contributed by atoms with Crippen LogP contribution in [0.2, 0.25) is 0 Å². The van der Waals surface area contributed by atoms with Crippen molar-refractivity contribution < 1.29 is 8.78 Å². The van der Waals surface area contributed by atoms with Crippen LogP contribution in [0.15, 0.2) is 12.1 Å². The maximum Gasteiger partial charge on any atom is 0.161 e. The number of nitrogens with two attached hydrogens (primary N) is 1. The number of hydrogen-bond acceptors (Lipinski definition) is 3. The van der Waals surface area contributed by atoms with Crippen molar-refractivity contribution in [2.24, 2.45) is 0 Å². The van der Waals surface area contributed by atoms with Gasteiger partial charge in [0.2, 0.25) is 0 Å². The molecular formula is C9H12F2N2S. The van der Waals surface area contributed by atoms with E-state index >= 15 is 0 Å². The second kappa shape index (κ2) is 5.05. The molecule has 0 aromatic heterocycles. The van der Waals surface area contributed by atoms with E-state index in [4.69, 9.17) is 5.73 Å². The quantitative estimate of drug-likeness (QED) is 0.601. The molecule has 1 aromatic rings. The minimum Gasteiger partial charge on any atom is -0.397 e. The number of rotatable bonds is 4. The minimum absolute atomic E-state index is 0.227. The monoisotopic (exact) mass is 218 g/mol. The molecule has 0 saturated carbocycles. The standard InChI is InChI=1S/C9H12F2N2S/c1-14-3-2-13-9-5-7(11)6(10)4-8(9)12/h4-5,13H,2-3,12H2,1H3. The summed E-state index contributed by atoms with van der Waals surface area (Å²) in [5.41, 5.74) is 6.17. The van der Waals surface area contributed by atoms with Gasteiger partial charge in [-0.2, -0.15) is 11.8 Å². The molecule has 3 N–H and O–H groups in total. The Bertz CT molecular complexity index is 318. The Morgan fingerprint density at radius 2 is 2.00 bits per heavy atom. The van der Waals surface area contributed by atoms with Crippen LogP contribution in [-0.4, -0.2) is 18.6 Å². The van der Waals surface area contributed by atoms with E-state index in [1.54, 1.807) is 11.8 Å². The SMILES string of the molecule is CSCCNc1cc(F)c(F)cc1N. The number of nitrogen functional groups attached to an aromatic ring is 1. The molecule has 0 fully saturated rings. The molecule has 0 amide bonds. The summed E-state index contributed by atoms with van der Waals surface area (Å²) in [7, 11) is 0. The molecule has 0 aliphatic rings. The first-order valence-electron chi connectivity index (χ1n) is 4.12. The lowest BCUT2D eigenvalue weighted by Crippen LogP contribution is -2.07. The molecule has 0 heterocycles. The van der Waals surface area contributed by atoms with Gasteiger partial charge in [-0.1, -0.05) is 0 Å². The molecule has 5 heteroatoms. The Morgan fingerprint density at radius 1 is 1.36 bits per heavy atom. The van der Waals surface area contributed by atoms with Gasteiger partial charge in [0.1, 0.15) is 0 Å². The van der Waals surface area contributed by atoms with E-state index < -0.39 is 11.6 Å². The fraction of sp³-hybridized carbons (Fsp3) is 0.333. The van der Waals surface area contributed by atoms with Crippen molar-refractivity contribution >= 4 is 23.1 Å². The molecule has 0 saturated heterocycles. The zero-order chi connectivity index (χ0) is 10.6. The molecule has 0 spiro atoms. The summed E-state index contributed by atoms with van der Waals surface area (Å²) in [4.78, 5) is 0. The summed E-state index contributed by atoms with van der Waals surface area (Å²) in [6.07, 6.45) is 1.97. The number of anilines is 2. The average molecular weight is 218 g/mol. The van der Waals surface area contributed by atoms with Crippen LogP contribution < -0.4 is 11.1 Å². The number of nitrogens with one attached hydrogen (secondary N) is 1. The van der Waals surface area contributed by atoms with Gasteiger partial charge in [0.05, 0.1) is 11.4 Å². The van der Waals surface area contributed by atoms with Crippen molar-refractivity contribution in [3.05, 3.63) is 23.8 Å². The maximum atomic E-state index is 12.8. The van der Waals surface area contributed by atoms with E-state index in [9.17, 15) is 8.78 Å². The Balaban J connectivity index is 2.72. The Hall–Kier alpha value is -0.970. The average Bonchev–Trinajstić information content (AvgIpc) is 2.14. The number of thioether (sulfide) groups is 1. The van der Waals surface area contributed by atoms with E-state index in [-0.39, 0.29) is 5.69 Å². The molecule has 14 heavy (non-hydrogen) atoms. The first kappa shape index (κ1) is 11.1. The largest absolute Gasteiger partial charge is 0.397 e. The van der Waals surface area contributed by atoms with Crippen LogP contribution in [0.1, 0.15) is 0 Å². The lowest BCUT2D eigenvalue weighted by molar-refractivity contribution is 0.509. The Morgan fingerprint density at radius 3 is 2.64 bits per heavy atom. The second-order valence-corrected chi connectivity index (χ2v) is 3.76. The van der Waals surface area contributed by atoms with Gasteiger partial charge in [-0.15, -0.1) is 0 Å². The van der Waals surface area contributed by atoms with E-state index in [1.165, 1.54) is 0 Å². The fourth-order valence-electron chi connectivity index (χ4n) is 1.00. The highest BCUT2D eigenvalue weighted by atomic mass is 32.2. The van der Waals surface area contributed by atoms with E-state index in [0.29, 0.717) is 12.2 Å². The zero-order valence-corrected chi connectivity index (χ0v) is 8.63. The molecule has 2 nitrogen and oxygen atoms in total. The fourth-order valence-corrected chi connectivity index (χ4v) is 1.31. The van der Waals surface area contributed by atoms with Gasteiger partial charge in [0.25, 0.3) is 0 Å². The van der Waals surface area contributed by atoms with Crippen molar-refractivity contribution in [1.82, 2.24) is 0 Å². The Kier molecular flexibility index (Phi) is 4.00. The van der Waals surface area contributed by atoms with Crippen molar-refractivity contribution in [2.75, 3.05) is 29.6 Å². The van der Waals surface area contributed by atoms with E-state index in [1.807, 2.05) is 6.26 Å². The summed E-state index contributed by atoms with van der Waals surface area (Å²) >= 11 is 1.66. The smallest absolute Gasteiger partial charge is 0.161 e. The maximum absolute atomic E-state index is 12.8. The first-order valence-corrected chi connectivity index (χ1v) is 5.52. The van der Waals surface area contributed by atoms with Gasteiger partial charge >= 0.3 is 0 Å². The predicted octanol–water partition coefficient (Wildman–Crippen LogP) is 2.32. The van der Waals surface area contributed by atoms with Gasteiger partial charge < -0.3 is 11.1 Å². The van der Waals surface area contributed by atoms with Crippen LogP contribution in [0.25, 0.3) is 0 Å². The van der Waals surface area contributed by atoms with Gasteiger partial charge in [-0.3, -0.25) is 0 Å². The molecule has 0 aliphatic heterocycles. The van der Waals surface area contributed by atoms with E-state index in [0.717, 1.165) is 17.9 Å². The number of halogens is 2. The van der Waals surface area contributed by atoms with Crippen LogP contribution >= 0.6 is 11.8 Å². The van der Waals surface area contributed by atoms with Crippen molar-refractivity contribution in [3.8, 4) is 0 Å². The predicted molar refractivity (Wildman–Crippen MR) is 57.6 cm³/mol. The Labute approximate surface area is 85.9 Å². The van der Waals surface area contributed by atoms with Crippen LogP contribution in [0.5, 0.6) is 0 Å². The highest BCUT2D eigenvalue weighted by molar-refractivity contribution is 7.98. The van der Waals surface area contributed by atoms with Crippen molar-refractivity contribution in [1.29, 1.82) is 0 Å². The highest BCUT2D eigenvalue weighted by Gasteiger charge is 2.06. The molecule has 0 unspecified atom stereocenters. The topological polar surface area (TPSA) is 38.0 Å². The van der Waals surface area contributed by atoms with Crippen molar-refractivity contribution in [2.45, 2.75) is 0 Å². The highest BCUT2D eigenvalue weighted by Crippen LogP contribution is 2.21. The molecule has 1 aromatic carbocycles. The summed E-state index contributed by atoms with van der Waals surface area (Å²) < 4.78 is 25.5. The lowest BCUT2D eigenvalue weighted by atomic mass is 10.2.